The first-order valence-electron chi connectivity index (χ1n) is 15.4. The number of hydrogen-bond donors (Lipinski definition) is 0. The van der Waals surface area contributed by atoms with E-state index in [1.807, 2.05) is 74.5 Å². The van der Waals surface area contributed by atoms with Crippen LogP contribution in [0.3, 0.4) is 0 Å². The first-order chi connectivity index (χ1) is 21.4. The lowest BCUT2D eigenvalue weighted by molar-refractivity contribution is -0.133. The third-order valence-corrected chi connectivity index (χ3v) is 8.99. The van der Waals surface area contributed by atoms with E-state index in [1.54, 1.807) is 18.0 Å². The molecule has 9 nitrogen and oxygen atoms in total. The van der Waals surface area contributed by atoms with Crippen molar-refractivity contribution < 1.29 is 22.8 Å². The van der Waals surface area contributed by atoms with Crippen LogP contribution >= 0.6 is 0 Å². The molecule has 5 rings (SSSR count). The van der Waals surface area contributed by atoms with E-state index in [9.17, 15) is 22.8 Å². The summed E-state index contributed by atoms with van der Waals surface area (Å²) in [6.07, 6.45) is 3.52. The molecule has 1 aliphatic rings. The molecule has 3 heterocycles. The van der Waals surface area contributed by atoms with Crippen LogP contribution in [0.4, 0.5) is 13.2 Å². The van der Waals surface area contributed by atoms with E-state index in [4.69, 9.17) is 0 Å². The average Bonchev–Trinajstić information content (AvgIpc) is 3.65. The van der Waals surface area contributed by atoms with E-state index in [0.29, 0.717) is 56.1 Å². The smallest absolute Gasteiger partial charge is 0.254 e. The zero-order chi connectivity index (χ0) is 32.6. The topological polar surface area (TPSA) is 79.5 Å². The van der Waals surface area contributed by atoms with Crippen molar-refractivity contribution >= 4 is 22.7 Å². The summed E-state index contributed by atoms with van der Waals surface area (Å²) in [4.78, 5) is 32.8. The monoisotopic (exact) mass is 623 g/mol. The van der Waals surface area contributed by atoms with Gasteiger partial charge in [-0.3, -0.25) is 14.5 Å². The van der Waals surface area contributed by atoms with Gasteiger partial charge in [0.15, 0.2) is 0 Å². The van der Waals surface area contributed by atoms with Gasteiger partial charge in [-0.2, -0.15) is 0 Å². The maximum Gasteiger partial charge on any atom is 0.254 e. The Kier molecular flexibility index (Phi) is 9.33. The zero-order valence-corrected chi connectivity index (χ0v) is 26.5. The Morgan fingerprint density at radius 3 is 2.27 bits per heavy atom. The van der Waals surface area contributed by atoms with Crippen molar-refractivity contribution in [1.29, 1.82) is 0 Å². The number of aromatic nitrogens is 4. The number of benzene rings is 2. The molecule has 4 atom stereocenters. The second-order valence-corrected chi connectivity index (χ2v) is 11.9. The van der Waals surface area contributed by atoms with Gasteiger partial charge in [-0.15, -0.1) is 5.10 Å². The molecule has 0 aliphatic carbocycles. The van der Waals surface area contributed by atoms with Crippen LogP contribution in [0.15, 0.2) is 48.8 Å². The molecule has 240 valence electrons. The molecular weight excluding hydrogens is 583 g/mol. The molecule has 4 aromatic rings. The van der Waals surface area contributed by atoms with Crippen molar-refractivity contribution in [3.63, 3.8) is 0 Å². The summed E-state index contributed by atoms with van der Waals surface area (Å²) in [7, 11) is 0. The lowest BCUT2D eigenvalue weighted by atomic mass is 10.0. The third-order valence-electron chi connectivity index (χ3n) is 8.99. The molecular formula is C33H40F3N7O2. The first kappa shape index (κ1) is 32.2. The molecule has 1 unspecified atom stereocenters. The number of carbonyl (C=O) groups excluding carboxylic acids is 2. The fourth-order valence-electron chi connectivity index (χ4n) is 6.48. The molecule has 1 aliphatic heterocycles. The third kappa shape index (κ3) is 6.20. The molecule has 12 heteroatoms. The Morgan fingerprint density at radius 1 is 1.00 bits per heavy atom. The zero-order valence-electron chi connectivity index (χ0n) is 26.5. The average molecular weight is 624 g/mol. The van der Waals surface area contributed by atoms with Crippen LogP contribution in [0, 0.1) is 17.5 Å². The lowest BCUT2D eigenvalue weighted by Gasteiger charge is -2.44. The molecule has 2 aromatic carbocycles. The summed E-state index contributed by atoms with van der Waals surface area (Å²) in [5.74, 6) is -2.96. The van der Waals surface area contributed by atoms with E-state index in [1.165, 1.54) is 4.68 Å². The van der Waals surface area contributed by atoms with E-state index in [-0.39, 0.29) is 29.5 Å². The second-order valence-electron chi connectivity index (χ2n) is 11.9. The van der Waals surface area contributed by atoms with Crippen LogP contribution in [-0.2, 0) is 11.3 Å². The van der Waals surface area contributed by atoms with Gasteiger partial charge < -0.3 is 14.4 Å². The van der Waals surface area contributed by atoms with Crippen molar-refractivity contribution in [2.75, 3.05) is 26.2 Å². The molecule has 45 heavy (non-hydrogen) atoms. The number of rotatable bonds is 9. The normalized spacial score (nSPS) is 18.7. The molecule has 2 aromatic heterocycles. The maximum atomic E-state index is 14.4. The Labute approximate surface area is 261 Å². The van der Waals surface area contributed by atoms with Gasteiger partial charge in [0.25, 0.3) is 5.91 Å². The van der Waals surface area contributed by atoms with Crippen molar-refractivity contribution in [3.8, 4) is 0 Å². The number of likely N-dealkylation sites (N-methyl/N-ethyl adjacent to an activating group) is 1. The minimum absolute atomic E-state index is 0.0113. The van der Waals surface area contributed by atoms with Crippen LogP contribution in [0.25, 0.3) is 10.9 Å². The lowest BCUT2D eigenvalue weighted by Crippen LogP contribution is -2.57. The van der Waals surface area contributed by atoms with Crippen LogP contribution < -0.4 is 0 Å². The molecule has 0 saturated carbocycles. The minimum atomic E-state index is -0.979. The predicted octanol–water partition coefficient (Wildman–Crippen LogP) is 5.42. The Balaban J connectivity index is 1.29. The highest BCUT2D eigenvalue weighted by atomic mass is 19.1. The Morgan fingerprint density at radius 2 is 1.64 bits per heavy atom. The van der Waals surface area contributed by atoms with Gasteiger partial charge in [-0.25, -0.2) is 17.9 Å². The largest absolute Gasteiger partial charge is 0.341 e. The van der Waals surface area contributed by atoms with E-state index < -0.39 is 29.5 Å². The van der Waals surface area contributed by atoms with E-state index in [0.717, 1.165) is 10.9 Å². The summed E-state index contributed by atoms with van der Waals surface area (Å²) in [6.45, 7) is 14.2. The molecule has 1 fully saturated rings. The molecule has 0 bridgehead atoms. The van der Waals surface area contributed by atoms with Gasteiger partial charge >= 0.3 is 0 Å². The van der Waals surface area contributed by atoms with E-state index >= 15 is 0 Å². The number of carbonyl (C=O) groups is 2. The standard InChI is InChI=1S/C33H40F3N7O2/c1-7-39(8-2)32(44)23(6)41-13-12-26-27(10-9-11-30(26)41)33(45)40-16-20(3)42(21(4)17-40)18-25-19-43(38-37-25)22(5)31-28(35)14-24(34)15-29(31)36/h9-15,19-23H,7-8,16-18H2,1-6H3/t20-,21+,22-,23?/m1/s1. The highest BCUT2D eigenvalue weighted by Gasteiger charge is 2.34. The number of amides is 2. The number of nitrogens with zero attached hydrogens (tertiary/aromatic N) is 7. The highest BCUT2D eigenvalue weighted by Crippen LogP contribution is 2.28. The van der Waals surface area contributed by atoms with Crippen LogP contribution in [0.1, 0.15) is 75.2 Å². The summed E-state index contributed by atoms with van der Waals surface area (Å²) < 4.78 is 45.4. The minimum Gasteiger partial charge on any atom is -0.341 e. The number of fused-ring (bicyclic) bond motifs is 1. The van der Waals surface area contributed by atoms with Crippen LogP contribution in [0.2, 0.25) is 0 Å². The van der Waals surface area contributed by atoms with E-state index in [2.05, 4.69) is 15.2 Å². The van der Waals surface area contributed by atoms with Gasteiger partial charge in [-0.05, 0) is 59.7 Å². The fraction of sp³-hybridized carbons (Fsp3) is 0.455. The van der Waals surface area contributed by atoms with Gasteiger partial charge in [0, 0.05) is 85.2 Å². The molecule has 0 radical (unpaired) electrons. The number of hydrogen-bond acceptors (Lipinski definition) is 5. The number of halogens is 3. The fourth-order valence-corrected chi connectivity index (χ4v) is 6.48. The van der Waals surface area contributed by atoms with Gasteiger partial charge in [-0.1, -0.05) is 11.3 Å². The molecule has 1 saturated heterocycles. The quantitative estimate of drug-likeness (QED) is 0.249. The van der Waals surface area contributed by atoms with Crippen molar-refractivity contribution in [1.82, 2.24) is 34.3 Å². The summed E-state index contributed by atoms with van der Waals surface area (Å²) in [6, 6.07) is 7.60. The van der Waals surface area contributed by atoms with Crippen LogP contribution in [-0.4, -0.2) is 84.3 Å². The van der Waals surface area contributed by atoms with Gasteiger partial charge in [0.1, 0.15) is 23.5 Å². The molecule has 2 amide bonds. The summed E-state index contributed by atoms with van der Waals surface area (Å²) in [5, 5.41) is 9.13. The van der Waals surface area contributed by atoms with Crippen molar-refractivity contribution in [2.45, 2.75) is 72.3 Å². The van der Waals surface area contributed by atoms with Crippen molar-refractivity contribution in [2.24, 2.45) is 0 Å². The highest BCUT2D eigenvalue weighted by molar-refractivity contribution is 6.07. The number of piperazine rings is 1. The summed E-state index contributed by atoms with van der Waals surface area (Å²) in [5.41, 5.74) is 1.77. The molecule has 0 N–H and O–H groups in total. The summed E-state index contributed by atoms with van der Waals surface area (Å²) >= 11 is 0. The second kappa shape index (κ2) is 13.0. The van der Waals surface area contributed by atoms with Crippen molar-refractivity contribution in [3.05, 3.63) is 83.1 Å². The first-order valence-corrected chi connectivity index (χ1v) is 15.4. The SMILES string of the molecule is CCN(CC)C(=O)C(C)n1ccc2c(C(=O)N3C[C@@H](C)N(Cc4cn([C@H](C)c5c(F)cc(F)cc5F)nn4)[C@@H](C)C3)cccc21. The van der Waals surface area contributed by atoms with Gasteiger partial charge in [0.05, 0.1) is 17.9 Å². The Bertz CT molecular complexity index is 1660. The van der Waals surface area contributed by atoms with Gasteiger partial charge in [0.2, 0.25) is 5.91 Å². The maximum absolute atomic E-state index is 14.4. The van der Waals surface area contributed by atoms with Crippen LogP contribution in [0.5, 0.6) is 0 Å². The predicted molar refractivity (Wildman–Crippen MR) is 165 cm³/mol. The Hall–Kier alpha value is -4.19. The molecule has 0 spiro atoms.